The molecule has 92 valence electrons. The molecule has 1 aromatic carbocycles. The molecule has 2 N–H and O–H groups in total. The van der Waals surface area contributed by atoms with Crippen LogP contribution in [0.4, 0.5) is 4.39 Å². The molecule has 1 amide bonds. The lowest BCUT2D eigenvalue weighted by molar-refractivity contribution is -0.143. The predicted octanol–water partition coefficient (Wildman–Crippen LogP) is 0.643. The van der Waals surface area contributed by atoms with E-state index in [4.69, 9.17) is 10.5 Å². The summed E-state index contributed by atoms with van der Waals surface area (Å²) in [6.45, 7) is 1.74. The lowest BCUT2D eigenvalue weighted by Crippen LogP contribution is -2.41. The molecule has 1 aromatic rings. The third-order valence-electron chi connectivity index (χ3n) is 2.79. The first kappa shape index (κ1) is 12.0. The lowest BCUT2D eigenvalue weighted by Gasteiger charge is -2.27. The highest BCUT2D eigenvalue weighted by molar-refractivity contribution is 5.78. The van der Waals surface area contributed by atoms with Gasteiger partial charge in [-0.1, -0.05) is 6.07 Å². The maximum atomic E-state index is 13.6. The van der Waals surface area contributed by atoms with E-state index in [1.54, 1.807) is 17.0 Å². The minimum atomic E-state index is -0.304. The van der Waals surface area contributed by atoms with Crippen molar-refractivity contribution in [3.05, 3.63) is 35.1 Å². The van der Waals surface area contributed by atoms with Crippen molar-refractivity contribution in [3.63, 3.8) is 0 Å². The normalized spacial score (nSPS) is 16.4. The molecule has 1 fully saturated rings. The Morgan fingerprint density at radius 2 is 2.29 bits per heavy atom. The number of rotatable bonds is 3. The Bertz CT molecular complexity index is 423. The van der Waals surface area contributed by atoms with Crippen molar-refractivity contribution in [3.8, 4) is 0 Å². The molecule has 0 unspecified atom stereocenters. The van der Waals surface area contributed by atoms with E-state index >= 15 is 0 Å². The molecule has 4 nitrogen and oxygen atoms in total. The summed E-state index contributed by atoms with van der Waals surface area (Å²) >= 11 is 0. The Morgan fingerprint density at radius 3 is 3.00 bits per heavy atom. The second-order valence-corrected chi connectivity index (χ2v) is 4.00. The van der Waals surface area contributed by atoms with Gasteiger partial charge in [-0.25, -0.2) is 4.39 Å². The second-order valence-electron chi connectivity index (χ2n) is 4.00. The quantitative estimate of drug-likeness (QED) is 0.841. The van der Waals surface area contributed by atoms with Crippen molar-refractivity contribution in [2.45, 2.75) is 13.1 Å². The number of ether oxygens (including phenoxy) is 1. The van der Waals surface area contributed by atoms with Crippen LogP contribution in [0.2, 0.25) is 0 Å². The van der Waals surface area contributed by atoms with Gasteiger partial charge in [-0.3, -0.25) is 4.79 Å². The van der Waals surface area contributed by atoms with E-state index < -0.39 is 0 Å². The van der Waals surface area contributed by atoms with Crippen molar-refractivity contribution in [2.24, 2.45) is 5.73 Å². The van der Waals surface area contributed by atoms with E-state index in [-0.39, 0.29) is 24.9 Å². The zero-order valence-electron chi connectivity index (χ0n) is 9.49. The van der Waals surface area contributed by atoms with Gasteiger partial charge in [0.2, 0.25) is 5.91 Å². The van der Waals surface area contributed by atoms with Crippen LogP contribution < -0.4 is 5.73 Å². The fourth-order valence-corrected chi connectivity index (χ4v) is 1.80. The van der Waals surface area contributed by atoms with Gasteiger partial charge >= 0.3 is 0 Å². The largest absolute Gasteiger partial charge is 0.370 e. The Hall–Kier alpha value is -1.46. The van der Waals surface area contributed by atoms with Crippen LogP contribution in [0.15, 0.2) is 18.2 Å². The van der Waals surface area contributed by atoms with Crippen molar-refractivity contribution in [1.82, 2.24) is 4.90 Å². The molecule has 0 bridgehead atoms. The van der Waals surface area contributed by atoms with Crippen molar-refractivity contribution >= 4 is 5.91 Å². The molecule has 2 rings (SSSR count). The number of benzene rings is 1. The summed E-state index contributed by atoms with van der Waals surface area (Å²) < 4.78 is 18.6. The molecular weight excluding hydrogens is 223 g/mol. The van der Waals surface area contributed by atoms with E-state index in [2.05, 4.69) is 0 Å². The monoisotopic (exact) mass is 238 g/mol. The van der Waals surface area contributed by atoms with Gasteiger partial charge in [0, 0.05) is 25.2 Å². The number of nitrogens with zero attached hydrogens (tertiary/aromatic N) is 1. The Morgan fingerprint density at radius 1 is 1.47 bits per heavy atom. The number of carbonyl (C=O) groups is 1. The zero-order chi connectivity index (χ0) is 12.3. The molecule has 1 heterocycles. The molecule has 17 heavy (non-hydrogen) atoms. The molecule has 0 spiro atoms. The maximum Gasteiger partial charge on any atom is 0.248 e. The van der Waals surface area contributed by atoms with Gasteiger partial charge in [-0.2, -0.15) is 0 Å². The van der Waals surface area contributed by atoms with Gasteiger partial charge in [-0.05, 0) is 17.7 Å². The van der Waals surface area contributed by atoms with Crippen LogP contribution in [0.25, 0.3) is 0 Å². The molecule has 0 aliphatic carbocycles. The summed E-state index contributed by atoms with van der Waals surface area (Å²) in [5, 5.41) is 0. The van der Waals surface area contributed by atoms with Crippen LogP contribution >= 0.6 is 0 Å². The van der Waals surface area contributed by atoms with Crippen molar-refractivity contribution < 1.29 is 13.9 Å². The third kappa shape index (κ3) is 2.81. The molecule has 0 radical (unpaired) electrons. The predicted molar refractivity (Wildman–Crippen MR) is 60.5 cm³/mol. The smallest absolute Gasteiger partial charge is 0.248 e. The zero-order valence-corrected chi connectivity index (χ0v) is 9.49. The molecule has 0 aromatic heterocycles. The van der Waals surface area contributed by atoms with E-state index in [0.717, 1.165) is 5.56 Å². The van der Waals surface area contributed by atoms with E-state index in [1.807, 2.05) is 0 Å². The molecule has 1 aliphatic heterocycles. The first-order valence-electron chi connectivity index (χ1n) is 5.53. The standard InChI is InChI=1S/C12H15FN2O2/c13-11-2-1-9(6-14)5-10(11)7-15-3-4-17-8-12(15)16/h1-2,5H,3-4,6-8,14H2. The fourth-order valence-electron chi connectivity index (χ4n) is 1.80. The topological polar surface area (TPSA) is 55.6 Å². The highest BCUT2D eigenvalue weighted by atomic mass is 19.1. The minimum Gasteiger partial charge on any atom is -0.370 e. The van der Waals surface area contributed by atoms with E-state index in [1.165, 1.54) is 6.07 Å². The highest BCUT2D eigenvalue weighted by Crippen LogP contribution is 2.14. The summed E-state index contributed by atoms with van der Waals surface area (Å²) in [6.07, 6.45) is 0. The van der Waals surface area contributed by atoms with E-state index in [9.17, 15) is 9.18 Å². The summed E-state index contributed by atoms with van der Waals surface area (Å²) in [5.74, 6) is -0.407. The molecule has 0 atom stereocenters. The number of morpholine rings is 1. The van der Waals surface area contributed by atoms with Gasteiger partial charge in [0.05, 0.1) is 6.61 Å². The number of amides is 1. The summed E-state index contributed by atoms with van der Waals surface area (Å²) in [6, 6.07) is 4.75. The Balaban J connectivity index is 2.14. The first-order valence-corrected chi connectivity index (χ1v) is 5.53. The Kier molecular flexibility index (Phi) is 3.71. The number of carbonyl (C=O) groups excluding carboxylic acids is 1. The number of halogens is 1. The minimum absolute atomic E-state index is 0.0815. The second kappa shape index (κ2) is 5.25. The molecule has 1 saturated heterocycles. The lowest BCUT2D eigenvalue weighted by atomic mass is 10.1. The van der Waals surface area contributed by atoms with Crippen molar-refractivity contribution in [2.75, 3.05) is 19.8 Å². The van der Waals surface area contributed by atoms with Gasteiger partial charge in [-0.15, -0.1) is 0 Å². The van der Waals surface area contributed by atoms with Crippen LogP contribution in [0, 0.1) is 5.82 Å². The maximum absolute atomic E-state index is 13.6. The number of hydrogen-bond acceptors (Lipinski definition) is 3. The van der Waals surface area contributed by atoms with Crippen LogP contribution in [0.3, 0.4) is 0 Å². The highest BCUT2D eigenvalue weighted by Gasteiger charge is 2.19. The van der Waals surface area contributed by atoms with Crippen LogP contribution in [-0.4, -0.2) is 30.6 Å². The SMILES string of the molecule is NCc1ccc(F)c(CN2CCOCC2=O)c1. The first-order chi connectivity index (χ1) is 8.20. The van der Waals surface area contributed by atoms with Gasteiger partial charge < -0.3 is 15.4 Å². The third-order valence-corrected chi connectivity index (χ3v) is 2.79. The van der Waals surface area contributed by atoms with Crippen molar-refractivity contribution in [1.29, 1.82) is 0 Å². The molecular formula is C12H15FN2O2. The average Bonchev–Trinajstić information content (AvgIpc) is 2.35. The fraction of sp³-hybridized carbons (Fsp3) is 0.417. The molecule has 1 aliphatic rings. The van der Waals surface area contributed by atoms with Crippen LogP contribution in [0.1, 0.15) is 11.1 Å². The average molecular weight is 238 g/mol. The molecule has 0 saturated carbocycles. The summed E-state index contributed by atoms with van der Waals surface area (Å²) in [7, 11) is 0. The molecule has 5 heteroatoms. The van der Waals surface area contributed by atoms with Gasteiger partial charge in [0.1, 0.15) is 12.4 Å². The van der Waals surface area contributed by atoms with E-state index in [0.29, 0.717) is 25.3 Å². The van der Waals surface area contributed by atoms with Gasteiger partial charge in [0.15, 0.2) is 0 Å². The Labute approximate surface area is 99.2 Å². The summed E-state index contributed by atoms with van der Waals surface area (Å²) in [4.78, 5) is 13.1. The number of nitrogens with two attached hydrogens (primary N) is 1. The summed E-state index contributed by atoms with van der Waals surface area (Å²) in [5.41, 5.74) is 6.87. The van der Waals surface area contributed by atoms with Gasteiger partial charge in [0.25, 0.3) is 0 Å². The van der Waals surface area contributed by atoms with Crippen LogP contribution in [-0.2, 0) is 22.6 Å². The van der Waals surface area contributed by atoms with Crippen LogP contribution in [0.5, 0.6) is 0 Å². The number of hydrogen-bond donors (Lipinski definition) is 1.